The Hall–Kier alpha value is -0.880. The molecular formula is C7H10. The molecule has 0 radical (unpaired) electrons. The van der Waals surface area contributed by atoms with Crippen LogP contribution in [0.1, 0.15) is 20.8 Å². The van der Waals surface area contributed by atoms with Crippen molar-refractivity contribution in [2.75, 3.05) is 0 Å². The van der Waals surface area contributed by atoms with E-state index in [1.165, 1.54) is 0 Å². The van der Waals surface area contributed by atoms with Crippen LogP contribution in [0.4, 0.5) is 0 Å². The summed E-state index contributed by atoms with van der Waals surface area (Å²) in [7, 11) is 0. The van der Waals surface area contributed by atoms with Crippen LogP contribution in [-0.4, -0.2) is 0 Å². The van der Waals surface area contributed by atoms with Gasteiger partial charge >= 0.3 is 0 Å². The second kappa shape index (κ2) is 19.3. The maximum atomic E-state index is 4.72. The van der Waals surface area contributed by atoms with E-state index in [0.29, 0.717) is 0 Å². The lowest BCUT2D eigenvalue weighted by Crippen LogP contribution is -1.36. The first-order valence-corrected chi connectivity index (χ1v) is 2.29. The first-order valence-electron chi connectivity index (χ1n) is 2.29. The summed E-state index contributed by atoms with van der Waals surface area (Å²) in [5, 5.41) is 0. The summed E-state index contributed by atoms with van der Waals surface area (Å²) < 4.78 is 0. The van der Waals surface area contributed by atoms with E-state index in [-0.39, 0.29) is 0 Å². The molecule has 0 saturated carbocycles. The third-order valence-corrected chi connectivity index (χ3v) is 0.197. The van der Waals surface area contributed by atoms with Crippen molar-refractivity contribution in [2.24, 2.45) is 0 Å². The van der Waals surface area contributed by atoms with E-state index in [4.69, 9.17) is 6.42 Å². The summed E-state index contributed by atoms with van der Waals surface area (Å²) in [4.78, 5) is 0. The molecule has 0 rings (SSSR count). The molecule has 0 heteroatoms. The van der Waals surface area contributed by atoms with Gasteiger partial charge in [-0.2, -0.15) is 0 Å². The zero-order valence-corrected chi connectivity index (χ0v) is 5.08. The van der Waals surface area contributed by atoms with E-state index in [1.807, 2.05) is 13.8 Å². The smallest absolute Gasteiger partial charge is 0.00168 e. The molecule has 0 atom stereocenters. The topological polar surface area (TPSA) is 0 Å². The summed E-state index contributed by atoms with van der Waals surface area (Å²) in [5.74, 6) is 7.08. The summed E-state index contributed by atoms with van der Waals surface area (Å²) in [5.41, 5.74) is 0. The van der Waals surface area contributed by atoms with Crippen molar-refractivity contribution < 1.29 is 0 Å². The second-order valence-electron chi connectivity index (χ2n) is 0.519. The van der Waals surface area contributed by atoms with Crippen LogP contribution >= 0.6 is 0 Å². The second-order valence-corrected chi connectivity index (χ2v) is 0.519. The molecule has 0 aliphatic carbocycles. The highest BCUT2D eigenvalue weighted by molar-refractivity contribution is 5.20. The van der Waals surface area contributed by atoms with Gasteiger partial charge in [-0.15, -0.1) is 6.42 Å². The fraction of sp³-hybridized carbons (Fsp3) is 0.429. The molecule has 0 aromatic rings. The Morgan fingerprint density at radius 1 is 1.29 bits per heavy atom. The van der Waals surface area contributed by atoms with Gasteiger partial charge in [0.25, 0.3) is 0 Å². The van der Waals surface area contributed by atoms with Crippen molar-refractivity contribution in [3.8, 4) is 24.2 Å². The lowest BCUT2D eigenvalue weighted by molar-refractivity contribution is 1.50. The molecule has 0 fully saturated rings. The molecule has 0 aliphatic rings. The van der Waals surface area contributed by atoms with E-state index in [1.54, 1.807) is 6.92 Å². The maximum absolute atomic E-state index is 4.72. The van der Waals surface area contributed by atoms with Gasteiger partial charge in [-0.1, -0.05) is 19.8 Å². The molecule has 0 unspecified atom stereocenters. The molecular weight excluding hydrogens is 84.1 g/mol. The zero-order chi connectivity index (χ0) is 6.12. The van der Waals surface area contributed by atoms with Crippen LogP contribution in [0.5, 0.6) is 0 Å². The van der Waals surface area contributed by atoms with Crippen molar-refractivity contribution in [3.05, 3.63) is 0 Å². The highest BCUT2D eigenvalue weighted by Crippen LogP contribution is 1.41. The highest BCUT2D eigenvalue weighted by Gasteiger charge is 1.35. The van der Waals surface area contributed by atoms with Crippen LogP contribution in [0.15, 0.2) is 0 Å². The minimum absolute atomic E-state index is 1.71. The van der Waals surface area contributed by atoms with Gasteiger partial charge in [0.05, 0.1) is 0 Å². The predicted octanol–water partition coefficient (Wildman–Crippen LogP) is 1.67. The Balaban J connectivity index is 0. The first kappa shape index (κ1) is 9.45. The van der Waals surface area contributed by atoms with Crippen LogP contribution in [0, 0.1) is 24.2 Å². The van der Waals surface area contributed by atoms with Crippen molar-refractivity contribution in [1.29, 1.82) is 0 Å². The lowest BCUT2D eigenvalue weighted by Gasteiger charge is -1.42. The van der Waals surface area contributed by atoms with Crippen LogP contribution in [0.3, 0.4) is 0 Å². The summed E-state index contributed by atoms with van der Waals surface area (Å²) in [6, 6.07) is 0. The van der Waals surface area contributed by atoms with E-state index >= 15 is 0 Å². The summed E-state index contributed by atoms with van der Waals surface area (Å²) in [6.45, 7) is 5.71. The Morgan fingerprint density at radius 2 is 1.71 bits per heavy atom. The van der Waals surface area contributed by atoms with Crippen molar-refractivity contribution in [1.82, 2.24) is 0 Å². The average Bonchev–Trinajstić information content (AvgIpc) is 1.75. The quantitative estimate of drug-likeness (QED) is 0.400. The monoisotopic (exact) mass is 94.1 g/mol. The van der Waals surface area contributed by atoms with Gasteiger partial charge in [0.15, 0.2) is 0 Å². The van der Waals surface area contributed by atoms with E-state index < -0.39 is 0 Å². The predicted molar refractivity (Wildman–Crippen MR) is 33.6 cm³/mol. The number of terminal acetylenes is 1. The molecule has 0 nitrogen and oxygen atoms in total. The normalized spacial score (nSPS) is 3.14. The van der Waals surface area contributed by atoms with Crippen molar-refractivity contribution >= 4 is 0 Å². The fourth-order valence-electron chi connectivity index (χ4n) is 0.0722. The van der Waals surface area contributed by atoms with Crippen LogP contribution in [-0.2, 0) is 0 Å². The molecule has 7 heavy (non-hydrogen) atoms. The maximum Gasteiger partial charge on any atom is -0.00168 e. The van der Waals surface area contributed by atoms with Gasteiger partial charge in [-0.25, -0.2) is 0 Å². The SMILES string of the molecule is C#CC#CC.CC. The lowest BCUT2D eigenvalue weighted by atomic mass is 10.6. The number of hydrogen-bond donors (Lipinski definition) is 0. The molecule has 0 saturated heterocycles. The number of rotatable bonds is 0. The molecule has 0 spiro atoms. The largest absolute Gasteiger partial charge is 0.106 e. The zero-order valence-electron chi connectivity index (χ0n) is 5.08. The minimum atomic E-state index is 1.71. The molecule has 0 aliphatic heterocycles. The average molecular weight is 94.2 g/mol. The van der Waals surface area contributed by atoms with E-state index in [0.717, 1.165) is 0 Å². The van der Waals surface area contributed by atoms with Gasteiger partial charge < -0.3 is 0 Å². The Labute approximate surface area is 45.9 Å². The summed E-state index contributed by atoms with van der Waals surface area (Å²) in [6.07, 6.45) is 4.72. The fourth-order valence-corrected chi connectivity index (χ4v) is 0.0722. The minimum Gasteiger partial charge on any atom is -0.106 e. The van der Waals surface area contributed by atoms with Gasteiger partial charge in [-0.3, -0.25) is 0 Å². The van der Waals surface area contributed by atoms with Crippen molar-refractivity contribution in [3.63, 3.8) is 0 Å². The number of hydrogen-bond acceptors (Lipinski definition) is 0. The molecule has 0 N–H and O–H groups in total. The van der Waals surface area contributed by atoms with Gasteiger partial charge in [-0.05, 0) is 18.8 Å². The van der Waals surface area contributed by atoms with Crippen molar-refractivity contribution in [2.45, 2.75) is 20.8 Å². The standard InChI is InChI=1S/C5H4.C2H6/c1-3-5-4-2;1-2/h1H,2H3;1-2H3. The van der Waals surface area contributed by atoms with Crippen LogP contribution < -0.4 is 0 Å². The molecule has 38 valence electrons. The van der Waals surface area contributed by atoms with Gasteiger partial charge in [0.2, 0.25) is 0 Å². The van der Waals surface area contributed by atoms with Gasteiger partial charge in [0.1, 0.15) is 0 Å². The highest BCUT2D eigenvalue weighted by atomic mass is 13.4. The van der Waals surface area contributed by atoms with Crippen LogP contribution in [0.25, 0.3) is 0 Å². The van der Waals surface area contributed by atoms with E-state index in [9.17, 15) is 0 Å². The molecule has 0 heterocycles. The molecule has 0 bridgehead atoms. The van der Waals surface area contributed by atoms with E-state index in [2.05, 4.69) is 17.8 Å². The molecule has 0 aromatic carbocycles. The Bertz CT molecular complexity index is 93.4. The Morgan fingerprint density at radius 3 is 1.71 bits per heavy atom. The van der Waals surface area contributed by atoms with Gasteiger partial charge in [0, 0.05) is 0 Å². The summed E-state index contributed by atoms with van der Waals surface area (Å²) >= 11 is 0. The third-order valence-electron chi connectivity index (χ3n) is 0.197. The third kappa shape index (κ3) is 39.7. The molecule has 0 amide bonds. The Kier molecular flexibility index (Phi) is 26.1. The molecule has 0 aromatic heterocycles. The van der Waals surface area contributed by atoms with Crippen LogP contribution in [0.2, 0.25) is 0 Å². The first-order chi connectivity index (χ1) is 3.41.